The third-order valence-corrected chi connectivity index (χ3v) is 2.81. The van der Waals surface area contributed by atoms with Crippen molar-refractivity contribution in [2.45, 2.75) is 42.2 Å². The maximum Gasteiger partial charge on any atom is 0.269 e. The molecule has 0 aromatic heterocycles. The lowest BCUT2D eigenvalue weighted by atomic mass is 10.1. The highest BCUT2D eigenvalue weighted by atomic mass is 127. The fourth-order valence-electron chi connectivity index (χ4n) is 0.943. The number of hydrogen-bond acceptors (Lipinski definition) is 1. The first-order chi connectivity index (χ1) is 6.07. The normalized spacial score (nSPS) is 16.2. The molecule has 0 aliphatic heterocycles. The smallest absolute Gasteiger partial charge is 0.269 e. The second kappa shape index (κ2) is 7.84. The van der Waals surface area contributed by atoms with Crippen LogP contribution in [0.3, 0.4) is 0 Å². The van der Waals surface area contributed by atoms with E-state index in [0.717, 1.165) is 6.42 Å². The average Bonchev–Trinajstić information content (AvgIpc) is 2.04. The number of hydrogen-bond donors (Lipinski definition) is 1. The molecule has 2 atom stereocenters. The third kappa shape index (κ3) is 7.54. The summed E-state index contributed by atoms with van der Waals surface area (Å²) in [7, 11) is 0. The highest BCUT2D eigenvalue weighted by molar-refractivity contribution is 14.1. The van der Waals surface area contributed by atoms with Gasteiger partial charge in [0, 0.05) is 10.5 Å². The van der Waals surface area contributed by atoms with Crippen molar-refractivity contribution >= 4 is 22.6 Å². The predicted molar refractivity (Wildman–Crippen MR) is 54.3 cm³/mol. The molecule has 0 bridgehead atoms. The molecule has 1 nitrogen and oxygen atoms in total. The number of aliphatic hydroxyl groups excluding tert-OH is 1. The molecular weight excluding hydrogens is 296 g/mol. The Morgan fingerprint density at radius 3 is 2.23 bits per heavy atom. The number of rotatable bonds is 7. The van der Waals surface area contributed by atoms with Crippen LogP contribution >= 0.6 is 22.6 Å². The Kier molecular flexibility index (Phi) is 8.13. The van der Waals surface area contributed by atoms with Crippen LogP contribution in [0.15, 0.2) is 0 Å². The zero-order valence-corrected chi connectivity index (χ0v) is 9.38. The maximum atomic E-state index is 12.5. The van der Waals surface area contributed by atoms with E-state index in [-0.39, 0.29) is 17.0 Å². The Hall–Kier alpha value is 0.480. The molecule has 0 aliphatic carbocycles. The number of halogens is 4. The second-order valence-electron chi connectivity index (χ2n) is 2.90. The van der Waals surface area contributed by atoms with Crippen molar-refractivity contribution in [3.8, 4) is 0 Å². The molecule has 2 unspecified atom stereocenters. The van der Waals surface area contributed by atoms with Gasteiger partial charge in [0.2, 0.25) is 0 Å². The Balaban J connectivity index is 3.43. The van der Waals surface area contributed by atoms with E-state index in [1.807, 2.05) is 22.6 Å². The standard InChI is InChI=1S/C8H14F3IO/c9-7(8(10)11)5-6(12)3-1-2-4-13/h6-8,13H,1-5H2. The lowest BCUT2D eigenvalue weighted by Crippen LogP contribution is -2.17. The van der Waals surface area contributed by atoms with Gasteiger partial charge in [-0.25, -0.2) is 13.2 Å². The van der Waals surface area contributed by atoms with Gasteiger partial charge in [-0.3, -0.25) is 0 Å². The molecule has 0 spiro atoms. The Morgan fingerprint density at radius 2 is 1.77 bits per heavy atom. The van der Waals surface area contributed by atoms with Crippen molar-refractivity contribution in [1.82, 2.24) is 0 Å². The van der Waals surface area contributed by atoms with Crippen LogP contribution in [0.5, 0.6) is 0 Å². The fraction of sp³-hybridized carbons (Fsp3) is 1.00. The minimum atomic E-state index is -2.87. The van der Waals surface area contributed by atoms with Gasteiger partial charge in [-0.1, -0.05) is 29.0 Å². The van der Waals surface area contributed by atoms with Gasteiger partial charge in [0.05, 0.1) is 0 Å². The molecule has 0 fully saturated rings. The monoisotopic (exact) mass is 310 g/mol. The van der Waals surface area contributed by atoms with Gasteiger partial charge in [-0.2, -0.15) is 0 Å². The van der Waals surface area contributed by atoms with Crippen molar-refractivity contribution in [2.24, 2.45) is 0 Å². The maximum absolute atomic E-state index is 12.5. The van der Waals surface area contributed by atoms with Crippen LogP contribution < -0.4 is 0 Å². The molecule has 0 aliphatic rings. The Labute approximate surface area is 89.8 Å². The van der Waals surface area contributed by atoms with E-state index in [0.29, 0.717) is 12.8 Å². The number of alkyl halides is 4. The molecular formula is C8H14F3IO. The molecule has 0 saturated heterocycles. The summed E-state index contributed by atoms with van der Waals surface area (Å²) in [6.07, 6.45) is -2.85. The van der Waals surface area contributed by atoms with Crippen molar-refractivity contribution in [3.05, 3.63) is 0 Å². The molecule has 0 aromatic carbocycles. The molecule has 5 heteroatoms. The summed E-state index contributed by atoms with van der Waals surface area (Å²) in [6.45, 7) is 0.108. The van der Waals surface area contributed by atoms with Crippen molar-refractivity contribution in [1.29, 1.82) is 0 Å². The summed E-state index contributed by atoms with van der Waals surface area (Å²) in [4.78, 5) is 0. The van der Waals surface area contributed by atoms with E-state index in [4.69, 9.17) is 5.11 Å². The summed E-state index contributed by atoms with van der Waals surface area (Å²) >= 11 is 1.97. The van der Waals surface area contributed by atoms with Crippen LogP contribution in [0, 0.1) is 0 Å². The van der Waals surface area contributed by atoms with Crippen molar-refractivity contribution in [3.63, 3.8) is 0 Å². The zero-order valence-electron chi connectivity index (χ0n) is 7.23. The summed E-state index contributed by atoms with van der Waals surface area (Å²) in [5.41, 5.74) is 0. The highest BCUT2D eigenvalue weighted by Gasteiger charge is 2.22. The van der Waals surface area contributed by atoms with E-state index >= 15 is 0 Å². The number of unbranched alkanes of at least 4 members (excludes halogenated alkanes) is 1. The van der Waals surface area contributed by atoms with Gasteiger partial charge in [0.25, 0.3) is 6.43 Å². The first-order valence-electron chi connectivity index (χ1n) is 4.25. The Bertz CT molecular complexity index is 124. The van der Waals surface area contributed by atoms with Gasteiger partial charge in [-0.05, 0) is 19.3 Å². The van der Waals surface area contributed by atoms with Gasteiger partial charge in [0.1, 0.15) is 0 Å². The molecule has 0 rings (SSSR count). The van der Waals surface area contributed by atoms with Crippen molar-refractivity contribution < 1.29 is 18.3 Å². The minimum Gasteiger partial charge on any atom is -0.396 e. The molecule has 80 valence electrons. The largest absolute Gasteiger partial charge is 0.396 e. The lowest BCUT2D eigenvalue weighted by Gasteiger charge is -2.12. The van der Waals surface area contributed by atoms with E-state index < -0.39 is 12.6 Å². The molecule has 0 aromatic rings. The van der Waals surface area contributed by atoms with Gasteiger partial charge in [0.15, 0.2) is 6.17 Å². The minimum absolute atomic E-state index is 0.0619. The van der Waals surface area contributed by atoms with Crippen LogP contribution in [0.4, 0.5) is 13.2 Å². The quantitative estimate of drug-likeness (QED) is 0.435. The summed E-state index contributed by atoms with van der Waals surface area (Å²) < 4.78 is 35.9. The van der Waals surface area contributed by atoms with Crippen LogP contribution in [-0.4, -0.2) is 28.2 Å². The Morgan fingerprint density at radius 1 is 1.15 bits per heavy atom. The zero-order chi connectivity index (χ0) is 10.3. The third-order valence-electron chi connectivity index (χ3n) is 1.68. The van der Waals surface area contributed by atoms with E-state index in [2.05, 4.69) is 0 Å². The second-order valence-corrected chi connectivity index (χ2v) is 4.66. The molecule has 0 amide bonds. The van der Waals surface area contributed by atoms with E-state index in [9.17, 15) is 13.2 Å². The molecule has 0 heterocycles. The van der Waals surface area contributed by atoms with Gasteiger partial charge >= 0.3 is 0 Å². The molecule has 0 saturated carbocycles. The van der Waals surface area contributed by atoms with Gasteiger partial charge in [-0.15, -0.1) is 0 Å². The van der Waals surface area contributed by atoms with E-state index in [1.165, 1.54) is 0 Å². The average molecular weight is 310 g/mol. The van der Waals surface area contributed by atoms with E-state index in [1.54, 1.807) is 0 Å². The SMILES string of the molecule is OCCCCC(I)CC(F)C(F)F. The number of aliphatic hydroxyl groups is 1. The first-order valence-corrected chi connectivity index (χ1v) is 5.49. The van der Waals surface area contributed by atoms with Crippen LogP contribution in [0.1, 0.15) is 25.7 Å². The fourth-order valence-corrected chi connectivity index (χ4v) is 1.87. The first kappa shape index (κ1) is 13.5. The summed E-state index contributed by atoms with van der Waals surface area (Å²) in [5.74, 6) is 0. The van der Waals surface area contributed by atoms with Crippen LogP contribution in [0.2, 0.25) is 0 Å². The topological polar surface area (TPSA) is 20.2 Å². The van der Waals surface area contributed by atoms with Crippen LogP contribution in [-0.2, 0) is 0 Å². The lowest BCUT2D eigenvalue weighted by molar-refractivity contribution is 0.0455. The van der Waals surface area contributed by atoms with Crippen molar-refractivity contribution in [2.75, 3.05) is 6.61 Å². The highest BCUT2D eigenvalue weighted by Crippen LogP contribution is 2.21. The van der Waals surface area contributed by atoms with Crippen LogP contribution in [0.25, 0.3) is 0 Å². The predicted octanol–water partition coefficient (Wildman–Crippen LogP) is 2.95. The molecule has 13 heavy (non-hydrogen) atoms. The summed E-state index contributed by atoms with van der Waals surface area (Å²) in [5, 5.41) is 8.45. The molecule has 0 radical (unpaired) electrons. The molecule has 1 N–H and O–H groups in total. The summed E-state index contributed by atoms with van der Waals surface area (Å²) in [6, 6.07) is 0. The van der Waals surface area contributed by atoms with Gasteiger partial charge < -0.3 is 5.11 Å².